The van der Waals surface area contributed by atoms with Gasteiger partial charge in [-0.25, -0.2) is 4.39 Å². The molecule has 20 heavy (non-hydrogen) atoms. The SMILES string of the molecule is COc1cc(NC(=O)c2cc(N)ccc2Cl)ccc1F. The number of nitrogens with two attached hydrogens (primary N) is 1. The van der Waals surface area contributed by atoms with Crippen molar-refractivity contribution in [3.05, 3.63) is 52.8 Å². The van der Waals surface area contributed by atoms with E-state index in [0.717, 1.165) is 0 Å². The third-order valence-corrected chi connectivity index (χ3v) is 2.97. The second kappa shape index (κ2) is 5.79. The van der Waals surface area contributed by atoms with E-state index in [1.807, 2.05) is 0 Å². The van der Waals surface area contributed by atoms with Crippen LogP contribution in [0.1, 0.15) is 10.4 Å². The van der Waals surface area contributed by atoms with Crippen LogP contribution in [0.15, 0.2) is 36.4 Å². The molecule has 0 aliphatic carbocycles. The number of carbonyl (C=O) groups excluding carboxylic acids is 1. The molecule has 0 radical (unpaired) electrons. The van der Waals surface area contributed by atoms with Gasteiger partial charge in [-0.05, 0) is 30.3 Å². The molecule has 0 atom stereocenters. The van der Waals surface area contributed by atoms with Crippen LogP contribution in [0.25, 0.3) is 0 Å². The Morgan fingerprint density at radius 2 is 2.05 bits per heavy atom. The van der Waals surface area contributed by atoms with E-state index in [0.29, 0.717) is 11.4 Å². The average Bonchev–Trinajstić information content (AvgIpc) is 2.43. The molecule has 0 fully saturated rings. The first-order valence-electron chi connectivity index (χ1n) is 5.71. The Morgan fingerprint density at radius 1 is 1.30 bits per heavy atom. The molecular weight excluding hydrogens is 283 g/mol. The lowest BCUT2D eigenvalue weighted by Crippen LogP contribution is -2.13. The number of ether oxygens (including phenoxy) is 1. The van der Waals surface area contributed by atoms with Crippen molar-refractivity contribution in [2.75, 3.05) is 18.2 Å². The summed E-state index contributed by atoms with van der Waals surface area (Å²) < 4.78 is 18.1. The average molecular weight is 295 g/mol. The molecule has 4 nitrogen and oxygen atoms in total. The minimum atomic E-state index is -0.507. The summed E-state index contributed by atoms with van der Waals surface area (Å²) in [7, 11) is 1.35. The molecule has 0 aromatic heterocycles. The summed E-state index contributed by atoms with van der Waals surface area (Å²) in [6.45, 7) is 0. The maximum absolute atomic E-state index is 13.3. The molecule has 1 amide bonds. The third-order valence-electron chi connectivity index (χ3n) is 2.64. The van der Waals surface area contributed by atoms with Crippen LogP contribution in [0.2, 0.25) is 5.02 Å². The molecule has 3 N–H and O–H groups in total. The summed E-state index contributed by atoms with van der Waals surface area (Å²) in [6, 6.07) is 8.62. The van der Waals surface area contributed by atoms with Crippen LogP contribution in [-0.4, -0.2) is 13.0 Å². The number of hydrogen-bond acceptors (Lipinski definition) is 3. The molecule has 0 unspecified atom stereocenters. The first-order chi connectivity index (χ1) is 9.51. The highest BCUT2D eigenvalue weighted by Gasteiger charge is 2.12. The molecule has 0 spiro atoms. The zero-order valence-corrected chi connectivity index (χ0v) is 11.4. The summed E-state index contributed by atoms with van der Waals surface area (Å²) in [5, 5.41) is 2.89. The number of amides is 1. The smallest absolute Gasteiger partial charge is 0.257 e. The van der Waals surface area contributed by atoms with Gasteiger partial charge in [0.25, 0.3) is 5.91 Å². The topological polar surface area (TPSA) is 64.3 Å². The lowest BCUT2D eigenvalue weighted by atomic mass is 10.2. The molecule has 0 saturated carbocycles. The number of benzene rings is 2. The van der Waals surface area contributed by atoms with Crippen molar-refractivity contribution in [2.24, 2.45) is 0 Å². The first kappa shape index (κ1) is 14.1. The summed E-state index contributed by atoms with van der Waals surface area (Å²) in [6.07, 6.45) is 0. The third kappa shape index (κ3) is 3.00. The predicted octanol–water partition coefficient (Wildman–Crippen LogP) is 3.32. The van der Waals surface area contributed by atoms with Crippen molar-refractivity contribution in [2.45, 2.75) is 0 Å². The Morgan fingerprint density at radius 3 is 2.75 bits per heavy atom. The van der Waals surface area contributed by atoms with E-state index in [1.165, 1.54) is 37.4 Å². The Balaban J connectivity index is 2.25. The molecule has 0 aliphatic heterocycles. The van der Waals surface area contributed by atoms with Crippen LogP contribution in [0.5, 0.6) is 5.75 Å². The van der Waals surface area contributed by atoms with Crippen molar-refractivity contribution in [3.8, 4) is 5.75 Å². The number of hydrogen-bond donors (Lipinski definition) is 2. The fourth-order valence-electron chi connectivity index (χ4n) is 1.65. The molecule has 2 rings (SSSR count). The zero-order valence-electron chi connectivity index (χ0n) is 10.6. The quantitative estimate of drug-likeness (QED) is 0.854. The minimum Gasteiger partial charge on any atom is -0.494 e. The highest BCUT2D eigenvalue weighted by molar-refractivity contribution is 6.34. The molecule has 104 valence electrons. The number of halogens is 2. The second-order valence-corrected chi connectivity index (χ2v) is 4.45. The number of rotatable bonds is 3. The van der Waals surface area contributed by atoms with Crippen LogP contribution in [-0.2, 0) is 0 Å². The van der Waals surface area contributed by atoms with E-state index >= 15 is 0 Å². The molecule has 6 heteroatoms. The summed E-state index contributed by atoms with van der Waals surface area (Å²) in [5.41, 5.74) is 6.68. The summed E-state index contributed by atoms with van der Waals surface area (Å²) in [4.78, 5) is 12.1. The van der Waals surface area contributed by atoms with E-state index in [1.54, 1.807) is 6.07 Å². The molecule has 0 bridgehead atoms. The lowest BCUT2D eigenvalue weighted by Gasteiger charge is -2.09. The van der Waals surface area contributed by atoms with Gasteiger partial charge in [-0.3, -0.25) is 4.79 Å². The Bertz CT molecular complexity index is 662. The Hall–Kier alpha value is -2.27. The normalized spacial score (nSPS) is 10.2. The fraction of sp³-hybridized carbons (Fsp3) is 0.0714. The van der Waals surface area contributed by atoms with Gasteiger partial charge in [0.05, 0.1) is 17.7 Å². The largest absolute Gasteiger partial charge is 0.494 e. The van der Waals surface area contributed by atoms with Gasteiger partial charge in [-0.15, -0.1) is 0 Å². The predicted molar refractivity (Wildman–Crippen MR) is 76.8 cm³/mol. The molecule has 2 aromatic rings. The highest BCUT2D eigenvalue weighted by atomic mass is 35.5. The Labute approximate surface area is 120 Å². The molecule has 0 saturated heterocycles. The van der Waals surface area contributed by atoms with Crippen LogP contribution in [0.3, 0.4) is 0 Å². The van der Waals surface area contributed by atoms with Gasteiger partial charge in [0.1, 0.15) is 0 Å². The van der Waals surface area contributed by atoms with Crippen LogP contribution in [0, 0.1) is 5.82 Å². The number of anilines is 2. The van der Waals surface area contributed by atoms with E-state index in [9.17, 15) is 9.18 Å². The van der Waals surface area contributed by atoms with Gasteiger partial charge in [0, 0.05) is 17.4 Å². The second-order valence-electron chi connectivity index (χ2n) is 4.04. The van der Waals surface area contributed by atoms with E-state index in [-0.39, 0.29) is 16.3 Å². The highest BCUT2D eigenvalue weighted by Crippen LogP contribution is 2.24. The van der Waals surface area contributed by atoms with E-state index < -0.39 is 11.7 Å². The van der Waals surface area contributed by atoms with Crippen molar-refractivity contribution in [3.63, 3.8) is 0 Å². The van der Waals surface area contributed by atoms with Crippen LogP contribution >= 0.6 is 11.6 Å². The van der Waals surface area contributed by atoms with Gasteiger partial charge in [0.15, 0.2) is 11.6 Å². The standard InChI is InChI=1S/C14H12ClFN2O2/c1-20-13-7-9(3-5-12(13)16)18-14(19)10-6-8(17)2-4-11(10)15/h2-7H,17H2,1H3,(H,18,19). The number of carbonyl (C=O) groups is 1. The number of nitrogens with one attached hydrogen (secondary N) is 1. The van der Waals surface area contributed by atoms with E-state index in [2.05, 4.69) is 5.32 Å². The lowest BCUT2D eigenvalue weighted by molar-refractivity contribution is 0.102. The maximum Gasteiger partial charge on any atom is 0.257 e. The van der Waals surface area contributed by atoms with E-state index in [4.69, 9.17) is 22.1 Å². The summed E-state index contributed by atoms with van der Waals surface area (Å²) >= 11 is 5.94. The van der Waals surface area contributed by atoms with Crippen molar-refractivity contribution < 1.29 is 13.9 Å². The number of nitrogen functional groups attached to an aromatic ring is 1. The first-order valence-corrected chi connectivity index (χ1v) is 6.09. The van der Waals surface area contributed by atoms with Gasteiger partial charge in [-0.2, -0.15) is 0 Å². The Kier molecular flexibility index (Phi) is 4.10. The molecular formula is C14H12ClFN2O2. The fourth-order valence-corrected chi connectivity index (χ4v) is 1.86. The zero-order chi connectivity index (χ0) is 14.7. The molecule has 0 aliphatic rings. The monoisotopic (exact) mass is 294 g/mol. The van der Waals surface area contributed by atoms with Gasteiger partial charge in [0.2, 0.25) is 0 Å². The van der Waals surface area contributed by atoms with Crippen molar-refractivity contribution in [1.29, 1.82) is 0 Å². The van der Waals surface area contributed by atoms with Gasteiger partial charge < -0.3 is 15.8 Å². The van der Waals surface area contributed by atoms with Crippen LogP contribution in [0.4, 0.5) is 15.8 Å². The minimum absolute atomic E-state index is 0.0430. The number of methoxy groups -OCH3 is 1. The maximum atomic E-state index is 13.3. The van der Waals surface area contributed by atoms with Crippen LogP contribution < -0.4 is 15.8 Å². The summed E-state index contributed by atoms with van der Waals surface area (Å²) in [5.74, 6) is -0.898. The van der Waals surface area contributed by atoms with Crippen molar-refractivity contribution >= 4 is 28.9 Å². The molecule has 0 heterocycles. The molecule has 2 aromatic carbocycles. The van der Waals surface area contributed by atoms with Gasteiger partial charge >= 0.3 is 0 Å². The van der Waals surface area contributed by atoms with Crippen molar-refractivity contribution in [1.82, 2.24) is 0 Å². The van der Waals surface area contributed by atoms with Gasteiger partial charge in [-0.1, -0.05) is 11.6 Å².